The Morgan fingerprint density at radius 1 is 1.36 bits per heavy atom. The third-order valence-electron chi connectivity index (χ3n) is 2.35. The Hall–Kier alpha value is -0.420. The van der Waals surface area contributed by atoms with Gasteiger partial charge in [-0.15, -0.1) is 0 Å². The van der Waals surface area contributed by atoms with Gasteiger partial charge >= 0.3 is 0 Å². The van der Waals surface area contributed by atoms with E-state index in [-0.39, 0.29) is 11.9 Å². The van der Waals surface area contributed by atoms with Crippen LogP contribution in [0, 0.1) is 3.57 Å². The van der Waals surface area contributed by atoms with Crippen molar-refractivity contribution < 1.29 is 9.53 Å². The van der Waals surface area contributed by atoms with Gasteiger partial charge in [-0.1, -0.05) is 12.1 Å². The van der Waals surface area contributed by atoms with Crippen LogP contribution >= 0.6 is 22.6 Å². The first kappa shape index (κ1) is 10.1. The number of carbonyl (C=O) groups excluding carboxylic acids is 1. The van der Waals surface area contributed by atoms with Gasteiger partial charge < -0.3 is 4.74 Å². The SMILES string of the molecule is O=C(c1ccc(I)cc1)[C@@H]1CCCO1. The van der Waals surface area contributed by atoms with Gasteiger partial charge in [0.15, 0.2) is 5.78 Å². The number of hydrogen-bond donors (Lipinski definition) is 0. The Labute approximate surface area is 96.8 Å². The number of rotatable bonds is 2. The normalized spacial score (nSPS) is 21.1. The zero-order chi connectivity index (χ0) is 9.97. The van der Waals surface area contributed by atoms with Gasteiger partial charge in [0.05, 0.1) is 0 Å². The molecule has 74 valence electrons. The Bertz CT molecular complexity index is 326. The van der Waals surface area contributed by atoms with Crippen molar-refractivity contribution in [2.45, 2.75) is 18.9 Å². The third kappa shape index (κ3) is 2.15. The van der Waals surface area contributed by atoms with Gasteiger partial charge in [0.1, 0.15) is 6.10 Å². The predicted octanol–water partition coefficient (Wildman–Crippen LogP) is 2.65. The first-order chi connectivity index (χ1) is 6.77. The fourth-order valence-electron chi connectivity index (χ4n) is 1.58. The molecule has 0 N–H and O–H groups in total. The van der Waals surface area contributed by atoms with Crippen molar-refractivity contribution in [3.63, 3.8) is 0 Å². The van der Waals surface area contributed by atoms with Gasteiger partial charge in [-0.3, -0.25) is 4.79 Å². The minimum Gasteiger partial charge on any atom is -0.370 e. The first-order valence-corrected chi connectivity index (χ1v) is 5.76. The van der Waals surface area contributed by atoms with Crippen LogP contribution in [0.3, 0.4) is 0 Å². The summed E-state index contributed by atoms with van der Waals surface area (Å²) >= 11 is 2.23. The highest BCUT2D eigenvalue weighted by molar-refractivity contribution is 14.1. The van der Waals surface area contributed by atoms with Gasteiger partial charge in [0.25, 0.3) is 0 Å². The van der Waals surface area contributed by atoms with E-state index >= 15 is 0 Å². The molecule has 1 fully saturated rings. The van der Waals surface area contributed by atoms with Crippen molar-refractivity contribution in [2.75, 3.05) is 6.61 Å². The van der Waals surface area contributed by atoms with Crippen LogP contribution in [0.2, 0.25) is 0 Å². The van der Waals surface area contributed by atoms with Crippen molar-refractivity contribution in [1.82, 2.24) is 0 Å². The summed E-state index contributed by atoms with van der Waals surface area (Å²) < 4.78 is 6.49. The maximum Gasteiger partial charge on any atom is 0.191 e. The number of Topliss-reactive ketones (excluding diaryl/α,β-unsaturated/α-hetero) is 1. The van der Waals surface area contributed by atoms with Crippen LogP contribution in [0.1, 0.15) is 23.2 Å². The van der Waals surface area contributed by atoms with Crippen LogP contribution < -0.4 is 0 Å². The summed E-state index contributed by atoms with van der Waals surface area (Å²) in [5.74, 6) is 0.124. The van der Waals surface area contributed by atoms with Crippen LogP contribution in [-0.2, 0) is 4.74 Å². The van der Waals surface area contributed by atoms with Crippen molar-refractivity contribution in [2.24, 2.45) is 0 Å². The summed E-state index contributed by atoms with van der Waals surface area (Å²) in [7, 11) is 0. The molecule has 1 heterocycles. The van der Waals surface area contributed by atoms with Gasteiger partial charge in [-0.05, 0) is 47.6 Å². The van der Waals surface area contributed by atoms with Crippen molar-refractivity contribution in [1.29, 1.82) is 0 Å². The van der Waals surface area contributed by atoms with Gasteiger partial charge in [-0.2, -0.15) is 0 Å². The lowest BCUT2D eigenvalue weighted by atomic mass is 10.0. The van der Waals surface area contributed by atoms with Crippen LogP contribution in [-0.4, -0.2) is 18.5 Å². The van der Waals surface area contributed by atoms with Crippen molar-refractivity contribution in [3.05, 3.63) is 33.4 Å². The van der Waals surface area contributed by atoms with E-state index in [1.165, 1.54) is 0 Å². The van der Waals surface area contributed by atoms with E-state index in [1.807, 2.05) is 24.3 Å². The molecule has 1 aliphatic rings. The van der Waals surface area contributed by atoms with Crippen LogP contribution in [0.25, 0.3) is 0 Å². The lowest BCUT2D eigenvalue weighted by Crippen LogP contribution is -2.19. The first-order valence-electron chi connectivity index (χ1n) is 4.69. The fourth-order valence-corrected chi connectivity index (χ4v) is 1.94. The predicted molar refractivity (Wildman–Crippen MR) is 62.5 cm³/mol. The summed E-state index contributed by atoms with van der Waals surface area (Å²) in [6.07, 6.45) is 1.67. The Balaban J connectivity index is 2.14. The van der Waals surface area contributed by atoms with E-state index in [4.69, 9.17) is 4.74 Å². The molecule has 14 heavy (non-hydrogen) atoms. The second-order valence-electron chi connectivity index (χ2n) is 3.37. The highest BCUT2D eigenvalue weighted by Gasteiger charge is 2.24. The largest absolute Gasteiger partial charge is 0.370 e. The molecule has 0 saturated carbocycles. The minimum absolute atomic E-state index is 0.124. The molecular weight excluding hydrogens is 291 g/mol. The molecule has 0 aliphatic carbocycles. The molecule has 0 unspecified atom stereocenters. The number of ether oxygens (including phenoxy) is 1. The van der Waals surface area contributed by atoms with Crippen LogP contribution in [0.15, 0.2) is 24.3 Å². The molecule has 3 heteroatoms. The van der Waals surface area contributed by atoms with Crippen LogP contribution in [0.5, 0.6) is 0 Å². The standard InChI is InChI=1S/C11H11IO2/c12-9-5-3-8(4-6-9)11(13)10-2-1-7-14-10/h3-6,10H,1-2,7H2/t10-/m0/s1. The van der Waals surface area contributed by atoms with Gasteiger partial charge in [0.2, 0.25) is 0 Å². The van der Waals surface area contributed by atoms with Crippen molar-refractivity contribution in [3.8, 4) is 0 Å². The smallest absolute Gasteiger partial charge is 0.191 e. The Morgan fingerprint density at radius 2 is 2.07 bits per heavy atom. The van der Waals surface area contributed by atoms with E-state index in [1.54, 1.807) is 0 Å². The zero-order valence-electron chi connectivity index (χ0n) is 7.70. The third-order valence-corrected chi connectivity index (χ3v) is 3.07. The number of hydrogen-bond acceptors (Lipinski definition) is 2. The summed E-state index contributed by atoms with van der Waals surface area (Å²) in [5, 5.41) is 0. The molecular formula is C11H11IO2. The second-order valence-corrected chi connectivity index (χ2v) is 4.62. The summed E-state index contributed by atoms with van der Waals surface area (Å²) in [5.41, 5.74) is 0.761. The molecule has 0 radical (unpaired) electrons. The van der Waals surface area contributed by atoms with E-state index < -0.39 is 0 Å². The number of carbonyl (C=O) groups is 1. The Kier molecular flexibility index (Phi) is 3.18. The molecule has 0 amide bonds. The summed E-state index contributed by atoms with van der Waals surface area (Å²) in [6.45, 7) is 0.723. The molecule has 1 aliphatic heterocycles. The molecule has 2 rings (SSSR count). The van der Waals surface area contributed by atoms with Gasteiger partial charge in [0, 0.05) is 15.7 Å². The zero-order valence-corrected chi connectivity index (χ0v) is 9.86. The molecule has 1 aromatic carbocycles. The van der Waals surface area contributed by atoms with E-state index in [2.05, 4.69) is 22.6 Å². The molecule has 2 nitrogen and oxygen atoms in total. The topological polar surface area (TPSA) is 26.3 Å². The fraction of sp³-hybridized carbons (Fsp3) is 0.364. The average Bonchev–Trinajstić information content (AvgIpc) is 2.71. The molecule has 1 aromatic rings. The average molecular weight is 302 g/mol. The second kappa shape index (κ2) is 4.40. The quantitative estimate of drug-likeness (QED) is 0.620. The number of halogens is 1. The monoisotopic (exact) mass is 302 g/mol. The maximum absolute atomic E-state index is 11.8. The summed E-state index contributed by atoms with van der Waals surface area (Å²) in [4.78, 5) is 11.8. The van der Waals surface area contributed by atoms with E-state index in [0.717, 1.165) is 28.6 Å². The highest BCUT2D eigenvalue weighted by atomic mass is 127. The number of benzene rings is 1. The maximum atomic E-state index is 11.8. The molecule has 0 aromatic heterocycles. The summed E-state index contributed by atoms with van der Waals surface area (Å²) in [6, 6.07) is 7.63. The van der Waals surface area contributed by atoms with E-state index in [9.17, 15) is 4.79 Å². The highest BCUT2D eigenvalue weighted by Crippen LogP contribution is 2.17. The number of ketones is 1. The molecule has 1 atom stereocenters. The molecule has 0 spiro atoms. The lowest BCUT2D eigenvalue weighted by molar-refractivity contribution is 0.0643. The van der Waals surface area contributed by atoms with Crippen LogP contribution in [0.4, 0.5) is 0 Å². The van der Waals surface area contributed by atoms with Crippen molar-refractivity contribution >= 4 is 28.4 Å². The minimum atomic E-state index is -0.199. The van der Waals surface area contributed by atoms with E-state index in [0.29, 0.717) is 0 Å². The molecule has 1 saturated heterocycles. The van der Waals surface area contributed by atoms with Gasteiger partial charge in [-0.25, -0.2) is 0 Å². The molecule has 0 bridgehead atoms. The Morgan fingerprint density at radius 3 is 2.64 bits per heavy atom. The lowest BCUT2D eigenvalue weighted by Gasteiger charge is -2.07.